The molecule has 1 aliphatic heterocycles. The van der Waals surface area contributed by atoms with Crippen LogP contribution in [0.25, 0.3) is 0 Å². The fourth-order valence-corrected chi connectivity index (χ4v) is 2.16. The maximum absolute atomic E-state index is 8.97. The summed E-state index contributed by atoms with van der Waals surface area (Å²) < 4.78 is 0. The zero-order valence-electron chi connectivity index (χ0n) is 9.82. The molecule has 0 amide bonds. The van der Waals surface area contributed by atoms with E-state index in [0.29, 0.717) is 6.04 Å². The van der Waals surface area contributed by atoms with Crippen molar-refractivity contribution in [2.45, 2.75) is 26.1 Å². The summed E-state index contributed by atoms with van der Waals surface area (Å²) in [4.78, 5) is 2.47. The summed E-state index contributed by atoms with van der Waals surface area (Å²) in [7, 11) is 0. The van der Waals surface area contributed by atoms with E-state index in [1.54, 1.807) is 0 Å². The first-order valence-corrected chi connectivity index (χ1v) is 5.92. The first-order chi connectivity index (χ1) is 7.78. The molecule has 1 aliphatic rings. The molecule has 3 heteroatoms. The van der Waals surface area contributed by atoms with Crippen molar-refractivity contribution in [1.29, 1.82) is 0 Å². The third kappa shape index (κ3) is 3.04. The van der Waals surface area contributed by atoms with E-state index in [4.69, 9.17) is 5.11 Å². The van der Waals surface area contributed by atoms with Gasteiger partial charge in [-0.3, -0.25) is 4.90 Å². The predicted molar refractivity (Wildman–Crippen MR) is 65.1 cm³/mol. The van der Waals surface area contributed by atoms with Crippen LogP contribution in [0.2, 0.25) is 0 Å². The SMILES string of the molecule is CC1CN(Cc2ccc(CO)cc2)CCN1. The van der Waals surface area contributed by atoms with Gasteiger partial charge in [0, 0.05) is 32.2 Å². The van der Waals surface area contributed by atoms with Gasteiger partial charge in [-0.05, 0) is 18.1 Å². The summed E-state index contributed by atoms with van der Waals surface area (Å²) in [6.45, 7) is 6.67. The zero-order valence-corrected chi connectivity index (χ0v) is 9.82. The molecule has 2 N–H and O–H groups in total. The highest BCUT2D eigenvalue weighted by atomic mass is 16.3. The Hall–Kier alpha value is -0.900. The maximum Gasteiger partial charge on any atom is 0.0681 e. The maximum atomic E-state index is 8.97. The van der Waals surface area contributed by atoms with Crippen LogP contribution in [0.4, 0.5) is 0 Å². The Morgan fingerprint density at radius 1 is 1.31 bits per heavy atom. The second-order valence-corrected chi connectivity index (χ2v) is 4.56. The average molecular weight is 220 g/mol. The van der Waals surface area contributed by atoms with Crippen molar-refractivity contribution >= 4 is 0 Å². The standard InChI is InChI=1S/C13H20N2O/c1-11-8-15(7-6-14-11)9-12-2-4-13(10-16)5-3-12/h2-5,11,14,16H,6-10H2,1H3. The van der Waals surface area contributed by atoms with Crippen LogP contribution >= 0.6 is 0 Å². The summed E-state index contributed by atoms with van der Waals surface area (Å²) >= 11 is 0. The van der Waals surface area contributed by atoms with E-state index < -0.39 is 0 Å². The second-order valence-electron chi connectivity index (χ2n) is 4.56. The fraction of sp³-hybridized carbons (Fsp3) is 0.538. The van der Waals surface area contributed by atoms with Gasteiger partial charge in [0.25, 0.3) is 0 Å². The van der Waals surface area contributed by atoms with E-state index in [9.17, 15) is 0 Å². The lowest BCUT2D eigenvalue weighted by molar-refractivity contribution is 0.199. The Labute approximate surface area is 97.1 Å². The Balaban J connectivity index is 1.92. The molecule has 0 radical (unpaired) electrons. The van der Waals surface area contributed by atoms with Crippen molar-refractivity contribution in [1.82, 2.24) is 10.2 Å². The number of benzene rings is 1. The molecule has 88 valence electrons. The molecule has 2 rings (SSSR count). The Bertz CT molecular complexity index is 323. The molecule has 0 aliphatic carbocycles. The summed E-state index contributed by atoms with van der Waals surface area (Å²) in [6.07, 6.45) is 0. The van der Waals surface area contributed by atoms with Gasteiger partial charge in [-0.25, -0.2) is 0 Å². The molecule has 1 fully saturated rings. The van der Waals surface area contributed by atoms with Crippen LogP contribution in [0.3, 0.4) is 0 Å². The van der Waals surface area contributed by atoms with Crippen LogP contribution in [-0.2, 0) is 13.2 Å². The van der Waals surface area contributed by atoms with E-state index in [1.807, 2.05) is 12.1 Å². The lowest BCUT2D eigenvalue weighted by Crippen LogP contribution is -2.48. The molecule has 0 bridgehead atoms. The summed E-state index contributed by atoms with van der Waals surface area (Å²) in [5.41, 5.74) is 2.31. The Morgan fingerprint density at radius 3 is 2.62 bits per heavy atom. The number of hydrogen-bond donors (Lipinski definition) is 2. The van der Waals surface area contributed by atoms with Gasteiger partial charge < -0.3 is 10.4 Å². The lowest BCUT2D eigenvalue weighted by Gasteiger charge is -2.31. The van der Waals surface area contributed by atoms with Gasteiger partial charge in [-0.2, -0.15) is 0 Å². The van der Waals surface area contributed by atoms with Gasteiger partial charge in [-0.15, -0.1) is 0 Å². The van der Waals surface area contributed by atoms with E-state index in [0.717, 1.165) is 31.7 Å². The van der Waals surface area contributed by atoms with Gasteiger partial charge >= 0.3 is 0 Å². The molecule has 16 heavy (non-hydrogen) atoms. The average Bonchev–Trinajstić information content (AvgIpc) is 2.30. The molecule has 0 saturated carbocycles. The largest absolute Gasteiger partial charge is 0.392 e. The van der Waals surface area contributed by atoms with Gasteiger partial charge in [-0.1, -0.05) is 24.3 Å². The third-order valence-electron chi connectivity index (χ3n) is 3.06. The number of aliphatic hydroxyl groups excluding tert-OH is 1. The van der Waals surface area contributed by atoms with Crippen molar-refractivity contribution in [3.8, 4) is 0 Å². The van der Waals surface area contributed by atoms with Crippen molar-refractivity contribution in [2.75, 3.05) is 19.6 Å². The number of nitrogens with one attached hydrogen (secondary N) is 1. The molecule has 0 aromatic heterocycles. The fourth-order valence-electron chi connectivity index (χ4n) is 2.16. The minimum absolute atomic E-state index is 0.130. The number of hydrogen-bond acceptors (Lipinski definition) is 3. The molecular weight excluding hydrogens is 200 g/mol. The molecular formula is C13H20N2O. The minimum atomic E-state index is 0.130. The normalized spacial score (nSPS) is 22.2. The second kappa shape index (κ2) is 5.43. The summed E-state index contributed by atoms with van der Waals surface area (Å²) in [5, 5.41) is 12.4. The van der Waals surface area contributed by atoms with Crippen LogP contribution in [-0.4, -0.2) is 35.7 Å². The van der Waals surface area contributed by atoms with Crippen molar-refractivity contribution in [2.24, 2.45) is 0 Å². The van der Waals surface area contributed by atoms with E-state index in [2.05, 4.69) is 29.3 Å². The van der Waals surface area contributed by atoms with Gasteiger partial charge in [0.05, 0.1) is 6.61 Å². The van der Waals surface area contributed by atoms with Crippen LogP contribution in [0, 0.1) is 0 Å². The molecule has 1 saturated heterocycles. The molecule has 3 nitrogen and oxygen atoms in total. The Kier molecular flexibility index (Phi) is 3.93. The highest BCUT2D eigenvalue weighted by Crippen LogP contribution is 2.09. The summed E-state index contributed by atoms with van der Waals surface area (Å²) in [6, 6.07) is 8.81. The van der Waals surface area contributed by atoms with Gasteiger partial charge in [0.2, 0.25) is 0 Å². The van der Waals surface area contributed by atoms with Crippen LogP contribution in [0.1, 0.15) is 18.1 Å². The van der Waals surface area contributed by atoms with E-state index in [-0.39, 0.29) is 6.61 Å². The van der Waals surface area contributed by atoms with E-state index >= 15 is 0 Å². The minimum Gasteiger partial charge on any atom is -0.392 e. The first kappa shape index (κ1) is 11.6. The lowest BCUT2D eigenvalue weighted by atomic mass is 10.1. The molecule has 1 atom stereocenters. The van der Waals surface area contributed by atoms with Gasteiger partial charge in [0.15, 0.2) is 0 Å². The number of rotatable bonds is 3. The number of nitrogens with zero attached hydrogens (tertiary/aromatic N) is 1. The molecule has 0 spiro atoms. The smallest absolute Gasteiger partial charge is 0.0681 e. The van der Waals surface area contributed by atoms with Crippen molar-refractivity contribution < 1.29 is 5.11 Å². The molecule has 1 unspecified atom stereocenters. The Morgan fingerprint density at radius 2 is 2.00 bits per heavy atom. The van der Waals surface area contributed by atoms with Crippen LogP contribution < -0.4 is 5.32 Å². The quantitative estimate of drug-likeness (QED) is 0.797. The predicted octanol–water partition coefficient (Wildman–Crippen LogP) is 0.973. The van der Waals surface area contributed by atoms with Gasteiger partial charge in [0.1, 0.15) is 0 Å². The first-order valence-electron chi connectivity index (χ1n) is 5.92. The molecule has 1 aromatic carbocycles. The van der Waals surface area contributed by atoms with Crippen molar-refractivity contribution in [3.63, 3.8) is 0 Å². The zero-order chi connectivity index (χ0) is 11.4. The highest BCUT2D eigenvalue weighted by molar-refractivity contribution is 5.21. The topological polar surface area (TPSA) is 35.5 Å². The number of piperazine rings is 1. The third-order valence-corrected chi connectivity index (χ3v) is 3.06. The highest BCUT2D eigenvalue weighted by Gasteiger charge is 2.15. The van der Waals surface area contributed by atoms with E-state index in [1.165, 1.54) is 5.56 Å². The van der Waals surface area contributed by atoms with Crippen LogP contribution in [0.15, 0.2) is 24.3 Å². The monoisotopic (exact) mass is 220 g/mol. The number of aliphatic hydroxyl groups is 1. The molecule has 1 heterocycles. The summed E-state index contributed by atoms with van der Waals surface area (Å²) in [5.74, 6) is 0. The van der Waals surface area contributed by atoms with Crippen LogP contribution in [0.5, 0.6) is 0 Å². The van der Waals surface area contributed by atoms with Crippen molar-refractivity contribution in [3.05, 3.63) is 35.4 Å². The molecule has 1 aromatic rings.